The molecule has 1 nitrogen and oxygen atoms in total. The van der Waals surface area contributed by atoms with Crippen LogP contribution < -0.4 is 0 Å². The Bertz CT molecular complexity index is 81.3. The normalized spacial score (nSPS) is 13.6. The van der Waals surface area contributed by atoms with Crippen molar-refractivity contribution in [2.75, 3.05) is 39.4 Å². The minimum absolute atomic E-state index is 0.849. The van der Waals surface area contributed by atoms with Gasteiger partial charge in [0.1, 0.15) is 0 Å². The number of rotatable bonds is 5. The van der Waals surface area contributed by atoms with E-state index in [-0.39, 0.29) is 0 Å². The van der Waals surface area contributed by atoms with Gasteiger partial charge in [0.2, 0.25) is 0 Å². The average molecular weight is 164 g/mol. The Morgan fingerprint density at radius 1 is 1.20 bits per heavy atom. The molecule has 0 atom stereocenters. The van der Waals surface area contributed by atoms with Crippen molar-refractivity contribution in [3.63, 3.8) is 0 Å². The van der Waals surface area contributed by atoms with Crippen molar-refractivity contribution in [1.29, 1.82) is 0 Å². The maximum absolute atomic E-state index is 5.06. The summed E-state index contributed by atoms with van der Waals surface area (Å²) in [5.74, 6) is 0. The van der Waals surface area contributed by atoms with Gasteiger partial charge in [0.15, 0.2) is 0 Å². The van der Waals surface area contributed by atoms with Gasteiger partial charge < -0.3 is 0 Å². The van der Waals surface area contributed by atoms with Gasteiger partial charge in [-0.3, -0.25) is 0 Å². The molecule has 0 radical (unpaired) electrons. The first-order valence-electron chi connectivity index (χ1n) is 4.11. The molecule has 0 aliphatic carbocycles. The Balaban J connectivity index is 3.42. The molecule has 0 N–H and O–H groups in total. The second-order valence-electron chi connectivity index (χ2n) is 3.66. The number of methoxy groups -OCH3 is 1. The SMILES string of the molecule is CCC[PH](C)(C)CCOC. The van der Waals surface area contributed by atoms with Gasteiger partial charge in [-0.05, 0) is 0 Å². The van der Waals surface area contributed by atoms with E-state index in [2.05, 4.69) is 20.3 Å². The molecule has 0 unspecified atom stereocenters. The van der Waals surface area contributed by atoms with Crippen LogP contribution in [-0.2, 0) is 4.74 Å². The first-order chi connectivity index (χ1) is 4.62. The zero-order valence-electron chi connectivity index (χ0n) is 7.74. The fourth-order valence-corrected chi connectivity index (χ4v) is 3.54. The predicted octanol–water partition coefficient (Wildman–Crippen LogP) is 2.05. The van der Waals surface area contributed by atoms with Crippen molar-refractivity contribution in [3.8, 4) is 0 Å². The first-order valence-corrected chi connectivity index (χ1v) is 7.53. The zero-order chi connectivity index (χ0) is 8.04. The van der Waals surface area contributed by atoms with E-state index >= 15 is 0 Å². The molecular weight excluding hydrogens is 143 g/mol. The van der Waals surface area contributed by atoms with Gasteiger partial charge in [-0.25, -0.2) is 0 Å². The second-order valence-corrected chi connectivity index (χ2v) is 8.99. The van der Waals surface area contributed by atoms with Gasteiger partial charge in [-0.15, -0.1) is 0 Å². The fourth-order valence-electron chi connectivity index (χ4n) is 1.18. The summed E-state index contributed by atoms with van der Waals surface area (Å²) in [5.41, 5.74) is 0. The fraction of sp³-hybridized carbons (Fsp3) is 1.00. The summed E-state index contributed by atoms with van der Waals surface area (Å²) in [7, 11) is 0.939. The number of ether oxygens (including phenoxy) is 1. The van der Waals surface area contributed by atoms with Crippen LogP contribution in [0, 0.1) is 0 Å². The standard InChI is InChI=1S/C8H21OP/c1-5-7-10(3,4)8-6-9-2/h10H,5-8H2,1-4H3. The quantitative estimate of drug-likeness (QED) is 0.565. The summed E-state index contributed by atoms with van der Waals surface area (Å²) < 4.78 is 5.06. The van der Waals surface area contributed by atoms with Crippen molar-refractivity contribution >= 4 is 7.26 Å². The molecule has 0 rings (SSSR count). The molecule has 0 aliphatic rings. The van der Waals surface area contributed by atoms with Crippen LogP contribution in [0.1, 0.15) is 13.3 Å². The van der Waals surface area contributed by atoms with E-state index in [4.69, 9.17) is 4.74 Å². The molecule has 0 saturated carbocycles. The van der Waals surface area contributed by atoms with Crippen molar-refractivity contribution in [3.05, 3.63) is 0 Å². The molecule has 2 heteroatoms. The van der Waals surface area contributed by atoms with Crippen LogP contribution >= 0.6 is 7.26 Å². The molecule has 0 aromatic carbocycles. The summed E-state index contributed by atoms with van der Waals surface area (Å²) in [6.45, 7) is 8.10. The Morgan fingerprint density at radius 3 is 2.20 bits per heavy atom. The van der Waals surface area contributed by atoms with E-state index in [0.29, 0.717) is 0 Å². The van der Waals surface area contributed by atoms with Crippen LogP contribution in [0.2, 0.25) is 0 Å². The number of hydrogen-bond donors (Lipinski definition) is 0. The van der Waals surface area contributed by atoms with Gasteiger partial charge in [0.25, 0.3) is 0 Å². The molecule has 64 valence electrons. The van der Waals surface area contributed by atoms with Crippen LogP contribution in [0.4, 0.5) is 0 Å². The van der Waals surface area contributed by atoms with E-state index in [1.54, 1.807) is 7.11 Å². The van der Waals surface area contributed by atoms with Crippen LogP contribution in [0.5, 0.6) is 0 Å². The van der Waals surface area contributed by atoms with Gasteiger partial charge >= 0.3 is 64.7 Å². The molecule has 0 saturated heterocycles. The monoisotopic (exact) mass is 164 g/mol. The molecule has 0 bridgehead atoms. The van der Waals surface area contributed by atoms with E-state index < -0.39 is 7.26 Å². The molecule has 0 aliphatic heterocycles. The van der Waals surface area contributed by atoms with Crippen molar-refractivity contribution in [2.45, 2.75) is 13.3 Å². The van der Waals surface area contributed by atoms with Crippen LogP contribution in [0.3, 0.4) is 0 Å². The summed E-state index contributed by atoms with van der Waals surface area (Å²) in [6, 6.07) is 0. The Morgan fingerprint density at radius 2 is 1.80 bits per heavy atom. The summed E-state index contributed by atoms with van der Waals surface area (Å²) in [6.07, 6.45) is 4.09. The molecule has 0 spiro atoms. The van der Waals surface area contributed by atoms with Crippen molar-refractivity contribution in [2.24, 2.45) is 0 Å². The van der Waals surface area contributed by atoms with Crippen molar-refractivity contribution < 1.29 is 4.74 Å². The minimum atomic E-state index is -0.849. The topological polar surface area (TPSA) is 9.23 Å². The molecule has 0 aromatic heterocycles. The third kappa shape index (κ3) is 5.20. The predicted molar refractivity (Wildman–Crippen MR) is 52.1 cm³/mol. The summed E-state index contributed by atoms with van der Waals surface area (Å²) in [4.78, 5) is 0. The second kappa shape index (κ2) is 5.09. The van der Waals surface area contributed by atoms with Crippen LogP contribution in [-0.4, -0.2) is 39.4 Å². The van der Waals surface area contributed by atoms with Gasteiger partial charge in [0, 0.05) is 0 Å². The van der Waals surface area contributed by atoms with E-state index in [9.17, 15) is 0 Å². The van der Waals surface area contributed by atoms with E-state index in [1.807, 2.05) is 0 Å². The Labute approximate surface area is 65.5 Å². The molecule has 0 aromatic rings. The summed E-state index contributed by atoms with van der Waals surface area (Å²) >= 11 is 0. The zero-order valence-corrected chi connectivity index (χ0v) is 8.74. The summed E-state index contributed by atoms with van der Waals surface area (Å²) in [5, 5.41) is 0. The van der Waals surface area contributed by atoms with Gasteiger partial charge in [0.05, 0.1) is 0 Å². The molecule has 0 heterocycles. The molecule has 0 fully saturated rings. The third-order valence-electron chi connectivity index (χ3n) is 1.91. The molecule has 10 heavy (non-hydrogen) atoms. The average Bonchev–Trinajstić information content (AvgIpc) is 1.84. The molecular formula is C8H21OP. The van der Waals surface area contributed by atoms with Gasteiger partial charge in [-0.1, -0.05) is 0 Å². The van der Waals surface area contributed by atoms with Gasteiger partial charge in [-0.2, -0.15) is 0 Å². The first kappa shape index (κ1) is 10.4. The number of hydrogen-bond acceptors (Lipinski definition) is 1. The van der Waals surface area contributed by atoms with Crippen LogP contribution in [0.15, 0.2) is 0 Å². The molecule has 0 amide bonds. The Hall–Kier alpha value is 0.390. The van der Waals surface area contributed by atoms with Crippen LogP contribution in [0.25, 0.3) is 0 Å². The van der Waals surface area contributed by atoms with E-state index in [1.165, 1.54) is 18.7 Å². The third-order valence-corrected chi connectivity index (χ3v) is 5.32. The maximum atomic E-state index is 5.06. The Kier molecular flexibility index (Phi) is 5.29. The van der Waals surface area contributed by atoms with E-state index in [0.717, 1.165) is 6.61 Å². The van der Waals surface area contributed by atoms with Crippen molar-refractivity contribution in [1.82, 2.24) is 0 Å².